The van der Waals surface area contributed by atoms with Gasteiger partial charge in [-0.15, -0.1) is 0 Å². The van der Waals surface area contributed by atoms with Crippen molar-refractivity contribution in [2.45, 2.75) is 32.7 Å². The van der Waals surface area contributed by atoms with Crippen molar-refractivity contribution in [2.75, 3.05) is 6.54 Å². The summed E-state index contributed by atoms with van der Waals surface area (Å²) in [6.07, 6.45) is 1.82. The second-order valence-electron chi connectivity index (χ2n) is 5.37. The molecule has 1 nitrogen and oxygen atoms in total. The smallest absolute Gasteiger partial charge is 0.129 e. The molecule has 2 aromatic rings. The number of hydrogen-bond acceptors (Lipinski definition) is 1. The van der Waals surface area contributed by atoms with E-state index >= 15 is 0 Å². The van der Waals surface area contributed by atoms with Gasteiger partial charge in [-0.05, 0) is 44.0 Å². The molecule has 21 heavy (non-hydrogen) atoms. The summed E-state index contributed by atoms with van der Waals surface area (Å²) in [5.74, 6) is -0.161. The normalized spacial score (nSPS) is 12.4. The Balaban J connectivity index is 2.25. The van der Waals surface area contributed by atoms with Crippen molar-refractivity contribution in [3.8, 4) is 0 Å². The number of aryl methyl sites for hydroxylation is 1. The van der Waals surface area contributed by atoms with Crippen molar-refractivity contribution >= 4 is 15.9 Å². The molecule has 0 aliphatic carbocycles. The van der Waals surface area contributed by atoms with Crippen LogP contribution in [0.3, 0.4) is 0 Å². The van der Waals surface area contributed by atoms with E-state index in [0.29, 0.717) is 0 Å². The van der Waals surface area contributed by atoms with Gasteiger partial charge in [0.05, 0.1) is 0 Å². The van der Waals surface area contributed by atoms with Crippen molar-refractivity contribution in [1.82, 2.24) is 5.32 Å². The van der Waals surface area contributed by atoms with Gasteiger partial charge in [-0.25, -0.2) is 4.39 Å². The lowest BCUT2D eigenvalue weighted by Gasteiger charge is -2.20. The maximum absolute atomic E-state index is 14.2. The van der Waals surface area contributed by atoms with Crippen molar-refractivity contribution in [3.05, 3.63) is 69.4 Å². The zero-order valence-corrected chi connectivity index (χ0v) is 14.1. The van der Waals surface area contributed by atoms with Gasteiger partial charge in [-0.3, -0.25) is 0 Å². The molecule has 0 heterocycles. The van der Waals surface area contributed by atoms with Gasteiger partial charge in [0.25, 0.3) is 0 Å². The Morgan fingerprint density at radius 2 is 2.00 bits per heavy atom. The molecule has 0 spiro atoms. The molecule has 1 atom stereocenters. The van der Waals surface area contributed by atoms with Gasteiger partial charge >= 0.3 is 0 Å². The highest BCUT2D eigenvalue weighted by Gasteiger charge is 2.16. The summed E-state index contributed by atoms with van der Waals surface area (Å²) in [7, 11) is 0. The molecule has 0 bridgehead atoms. The van der Waals surface area contributed by atoms with E-state index in [1.54, 1.807) is 0 Å². The van der Waals surface area contributed by atoms with E-state index in [9.17, 15) is 4.39 Å². The Kier molecular flexibility index (Phi) is 5.95. The zero-order valence-electron chi connectivity index (χ0n) is 12.5. The highest BCUT2D eigenvalue weighted by molar-refractivity contribution is 9.10. The predicted molar refractivity (Wildman–Crippen MR) is 90.0 cm³/mol. The standard InChI is InChI=1S/C18H21BrFN/c1-3-9-21-18(11-14-6-4-5-13(2)10-14)16-8-7-15(19)12-17(16)20/h4-8,10,12,18,21H,3,9,11H2,1-2H3. The molecule has 2 aromatic carbocycles. The minimum absolute atomic E-state index is 0.000139. The first-order chi connectivity index (χ1) is 10.1. The molecule has 112 valence electrons. The first-order valence-corrected chi connectivity index (χ1v) is 8.13. The fourth-order valence-corrected chi connectivity index (χ4v) is 2.80. The quantitative estimate of drug-likeness (QED) is 0.757. The first kappa shape index (κ1) is 16.2. The predicted octanol–water partition coefficient (Wildman–Crippen LogP) is 5.18. The van der Waals surface area contributed by atoms with Gasteiger partial charge in [0.2, 0.25) is 0 Å². The van der Waals surface area contributed by atoms with E-state index < -0.39 is 0 Å². The monoisotopic (exact) mass is 349 g/mol. The van der Waals surface area contributed by atoms with Crippen LogP contribution in [0.1, 0.15) is 36.1 Å². The van der Waals surface area contributed by atoms with E-state index in [2.05, 4.69) is 59.4 Å². The van der Waals surface area contributed by atoms with Crippen LogP contribution in [0.4, 0.5) is 4.39 Å². The molecule has 0 radical (unpaired) electrons. The van der Waals surface area contributed by atoms with E-state index in [0.717, 1.165) is 29.4 Å². The Morgan fingerprint density at radius 3 is 2.67 bits per heavy atom. The fraction of sp³-hybridized carbons (Fsp3) is 0.333. The summed E-state index contributed by atoms with van der Waals surface area (Å²) in [5.41, 5.74) is 3.19. The molecule has 1 N–H and O–H groups in total. The van der Waals surface area contributed by atoms with Gasteiger partial charge < -0.3 is 5.32 Å². The van der Waals surface area contributed by atoms with E-state index in [1.807, 2.05) is 12.1 Å². The minimum atomic E-state index is -0.161. The molecule has 0 aliphatic heterocycles. The van der Waals surface area contributed by atoms with E-state index in [1.165, 1.54) is 17.2 Å². The second kappa shape index (κ2) is 7.71. The van der Waals surface area contributed by atoms with Crippen molar-refractivity contribution in [3.63, 3.8) is 0 Å². The lowest BCUT2D eigenvalue weighted by Crippen LogP contribution is -2.25. The number of hydrogen-bond donors (Lipinski definition) is 1. The molecule has 0 fully saturated rings. The molecular weight excluding hydrogens is 329 g/mol. The third-order valence-corrected chi connectivity index (χ3v) is 3.99. The molecule has 0 amide bonds. The lowest BCUT2D eigenvalue weighted by molar-refractivity contribution is 0.497. The van der Waals surface area contributed by atoms with Gasteiger partial charge in [-0.2, -0.15) is 0 Å². The van der Waals surface area contributed by atoms with Gasteiger partial charge in [0.1, 0.15) is 5.82 Å². The largest absolute Gasteiger partial charge is 0.310 e. The molecule has 0 saturated carbocycles. The Hall–Kier alpha value is -1.19. The van der Waals surface area contributed by atoms with Gasteiger partial charge in [-0.1, -0.05) is 58.7 Å². The Morgan fingerprint density at radius 1 is 1.19 bits per heavy atom. The Bertz CT molecular complexity index is 598. The topological polar surface area (TPSA) is 12.0 Å². The highest BCUT2D eigenvalue weighted by Crippen LogP contribution is 2.24. The summed E-state index contributed by atoms with van der Waals surface area (Å²) in [6, 6.07) is 13.7. The van der Waals surface area contributed by atoms with Crippen molar-refractivity contribution in [2.24, 2.45) is 0 Å². The van der Waals surface area contributed by atoms with E-state index in [-0.39, 0.29) is 11.9 Å². The third-order valence-electron chi connectivity index (χ3n) is 3.50. The minimum Gasteiger partial charge on any atom is -0.310 e. The number of benzene rings is 2. The van der Waals surface area contributed by atoms with Gasteiger partial charge in [0, 0.05) is 16.1 Å². The van der Waals surface area contributed by atoms with Gasteiger partial charge in [0.15, 0.2) is 0 Å². The first-order valence-electron chi connectivity index (χ1n) is 7.34. The van der Waals surface area contributed by atoms with Crippen LogP contribution < -0.4 is 5.32 Å². The molecule has 2 rings (SSSR count). The molecular formula is C18H21BrFN. The third kappa shape index (κ3) is 4.65. The lowest BCUT2D eigenvalue weighted by atomic mass is 9.97. The molecule has 0 aromatic heterocycles. The van der Waals surface area contributed by atoms with Crippen LogP contribution in [-0.2, 0) is 6.42 Å². The summed E-state index contributed by atoms with van der Waals surface area (Å²) < 4.78 is 15.0. The SMILES string of the molecule is CCCNC(Cc1cccc(C)c1)c1ccc(Br)cc1F. The van der Waals surface area contributed by atoms with Crippen LogP contribution in [-0.4, -0.2) is 6.54 Å². The van der Waals surface area contributed by atoms with Crippen LogP contribution in [0.15, 0.2) is 46.9 Å². The molecule has 0 saturated heterocycles. The second-order valence-corrected chi connectivity index (χ2v) is 6.28. The summed E-state index contributed by atoms with van der Waals surface area (Å²) in [6.45, 7) is 5.08. The average Bonchev–Trinajstić information content (AvgIpc) is 2.44. The van der Waals surface area contributed by atoms with Crippen LogP contribution in [0, 0.1) is 12.7 Å². The Labute approximate surface area is 134 Å². The summed E-state index contributed by atoms with van der Waals surface area (Å²) in [4.78, 5) is 0. The maximum Gasteiger partial charge on any atom is 0.129 e. The van der Waals surface area contributed by atoms with Crippen LogP contribution in [0.2, 0.25) is 0 Å². The summed E-state index contributed by atoms with van der Waals surface area (Å²) in [5, 5.41) is 3.46. The molecule has 0 aliphatic rings. The van der Waals surface area contributed by atoms with Crippen molar-refractivity contribution < 1.29 is 4.39 Å². The number of nitrogens with one attached hydrogen (secondary N) is 1. The van der Waals surface area contributed by atoms with E-state index in [4.69, 9.17) is 0 Å². The summed E-state index contributed by atoms with van der Waals surface area (Å²) >= 11 is 3.31. The number of halogens is 2. The van der Waals surface area contributed by atoms with Crippen LogP contribution in [0.5, 0.6) is 0 Å². The number of rotatable bonds is 6. The zero-order chi connectivity index (χ0) is 15.2. The van der Waals surface area contributed by atoms with Crippen LogP contribution in [0.25, 0.3) is 0 Å². The molecule has 3 heteroatoms. The highest BCUT2D eigenvalue weighted by atomic mass is 79.9. The maximum atomic E-state index is 14.2. The fourth-order valence-electron chi connectivity index (χ4n) is 2.47. The van der Waals surface area contributed by atoms with Crippen molar-refractivity contribution in [1.29, 1.82) is 0 Å². The molecule has 1 unspecified atom stereocenters. The average molecular weight is 350 g/mol. The van der Waals surface area contributed by atoms with Crippen LogP contribution >= 0.6 is 15.9 Å².